The van der Waals surface area contributed by atoms with Crippen LogP contribution in [0.4, 0.5) is 0 Å². The third kappa shape index (κ3) is 2.91. The number of pyridine rings is 1. The second-order valence-electron chi connectivity index (χ2n) is 4.94. The average molecular weight is 287 g/mol. The van der Waals surface area contributed by atoms with Crippen molar-refractivity contribution in [3.63, 3.8) is 0 Å². The van der Waals surface area contributed by atoms with Crippen molar-refractivity contribution >= 4 is 11.9 Å². The molecule has 7 nitrogen and oxygen atoms in total. The van der Waals surface area contributed by atoms with Gasteiger partial charge in [-0.05, 0) is 30.9 Å². The second-order valence-corrected chi connectivity index (χ2v) is 4.94. The SMILES string of the molecule is O=C(NC(C(=O)O)C1CC1)c1cc(-c2cccnc2)on1. The van der Waals surface area contributed by atoms with Crippen LogP contribution in [0.15, 0.2) is 35.1 Å². The van der Waals surface area contributed by atoms with Crippen LogP contribution in [0, 0.1) is 5.92 Å². The lowest BCUT2D eigenvalue weighted by molar-refractivity contribution is -0.139. The largest absolute Gasteiger partial charge is 0.480 e. The van der Waals surface area contributed by atoms with E-state index in [-0.39, 0.29) is 11.6 Å². The van der Waals surface area contributed by atoms with Crippen molar-refractivity contribution in [3.8, 4) is 11.3 Å². The Bertz CT molecular complexity index is 664. The predicted molar refractivity (Wildman–Crippen MR) is 71.3 cm³/mol. The molecule has 108 valence electrons. The standard InChI is InChI=1S/C14H13N3O4/c18-13(16-12(14(19)20)8-3-4-8)10-6-11(21-17-10)9-2-1-5-15-7-9/h1-2,5-8,12H,3-4H2,(H,16,18)(H,19,20). The van der Waals surface area contributed by atoms with E-state index < -0.39 is 17.9 Å². The number of hydrogen-bond donors (Lipinski definition) is 2. The summed E-state index contributed by atoms with van der Waals surface area (Å²) in [4.78, 5) is 27.1. The van der Waals surface area contributed by atoms with E-state index in [4.69, 9.17) is 9.63 Å². The first-order chi connectivity index (χ1) is 10.1. The van der Waals surface area contributed by atoms with Gasteiger partial charge >= 0.3 is 5.97 Å². The summed E-state index contributed by atoms with van der Waals surface area (Å²) in [6.07, 6.45) is 4.85. The van der Waals surface area contributed by atoms with Gasteiger partial charge in [0.1, 0.15) is 6.04 Å². The van der Waals surface area contributed by atoms with Crippen molar-refractivity contribution in [2.24, 2.45) is 5.92 Å². The van der Waals surface area contributed by atoms with Gasteiger partial charge in [-0.1, -0.05) is 5.16 Å². The number of aliphatic carboxylic acids is 1. The van der Waals surface area contributed by atoms with Gasteiger partial charge in [0.15, 0.2) is 11.5 Å². The first kappa shape index (κ1) is 13.3. The van der Waals surface area contributed by atoms with Crippen LogP contribution < -0.4 is 5.32 Å². The molecule has 2 N–H and O–H groups in total. The van der Waals surface area contributed by atoms with Crippen LogP contribution in [0.25, 0.3) is 11.3 Å². The lowest BCUT2D eigenvalue weighted by Gasteiger charge is -2.11. The van der Waals surface area contributed by atoms with Crippen molar-refractivity contribution in [2.45, 2.75) is 18.9 Å². The Morgan fingerprint density at radius 1 is 1.43 bits per heavy atom. The molecule has 3 rings (SSSR count). The van der Waals surface area contributed by atoms with Crippen LogP contribution in [-0.4, -0.2) is 33.2 Å². The average Bonchev–Trinajstić information content (AvgIpc) is 3.20. The number of carboxylic acids is 1. The lowest BCUT2D eigenvalue weighted by atomic mass is 10.1. The number of carbonyl (C=O) groups excluding carboxylic acids is 1. The van der Waals surface area contributed by atoms with E-state index in [1.807, 2.05) is 0 Å². The molecule has 0 bridgehead atoms. The summed E-state index contributed by atoms with van der Waals surface area (Å²) in [6.45, 7) is 0. The van der Waals surface area contributed by atoms with E-state index in [0.29, 0.717) is 11.3 Å². The molecule has 2 aromatic heterocycles. The number of carboxylic acid groups (broad SMARTS) is 1. The number of hydrogen-bond acceptors (Lipinski definition) is 5. The molecule has 1 saturated carbocycles. The molecule has 0 radical (unpaired) electrons. The molecule has 1 fully saturated rings. The zero-order valence-corrected chi connectivity index (χ0v) is 11.0. The van der Waals surface area contributed by atoms with Crippen molar-refractivity contribution < 1.29 is 19.2 Å². The summed E-state index contributed by atoms with van der Waals surface area (Å²) in [7, 11) is 0. The van der Waals surface area contributed by atoms with Crippen LogP contribution in [0.1, 0.15) is 23.3 Å². The van der Waals surface area contributed by atoms with Gasteiger partial charge in [0.2, 0.25) is 0 Å². The highest BCUT2D eigenvalue weighted by Crippen LogP contribution is 2.33. The Morgan fingerprint density at radius 2 is 2.24 bits per heavy atom. The Balaban J connectivity index is 1.73. The van der Waals surface area contributed by atoms with Crippen LogP contribution in [0.2, 0.25) is 0 Å². The topological polar surface area (TPSA) is 105 Å². The number of amides is 1. The van der Waals surface area contributed by atoms with Crippen molar-refractivity contribution in [1.82, 2.24) is 15.5 Å². The molecule has 0 aromatic carbocycles. The molecule has 1 unspecified atom stereocenters. The van der Waals surface area contributed by atoms with Crippen LogP contribution in [0.3, 0.4) is 0 Å². The van der Waals surface area contributed by atoms with Gasteiger partial charge in [-0.2, -0.15) is 0 Å². The normalized spacial score (nSPS) is 15.4. The van der Waals surface area contributed by atoms with E-state index in [1.54, 1.807) is 24.5 Å². The maximum atomic E-state index is 12.0. The van der Waals surface area contributed by atoms with E-state index in [1.165, 1.54) is 6.07 Å². The van der Waals surface area contributed by atoms with Crippen LogP contribution in [-0.2, 0) is 4.79 Å². The predicted octanol–water partition coefficient (Wildman–Crippen LogP) is 1.33. The summed E-state index contributed by atoms with van der Waals surface area (Å²) < 4.78 is 5.09. The zero-order chi connectivity index (χ0) is 14.8. The minimum Gasteiger partial charge on any atom is -0.480 e. The third-order valence-electron chi connectivity index (χ3n) is 3.33. The minimum absolute atomic E-state index is 0.0103. The van der Waals surface area contributed by atoms with Gasteiger partial charge in [-0.3, -0.25) is 9.78 Å². The van der Waals surface area contributed by atoms with E-state index in [2.05, 4.69) is 15.5 Å². The van der Waals surface area contributed by atoms with Gasteiger partial charge in [0.05, 0.1) is 0 Å². The monoisotopic (exact) mass is 287 g/mol. The third-order valence-corrected chi connectivity index (χ3v) is 3.33. The summed E-state index contributed by atoms with van der Waals surface area (Å²) in [6, 6.07) is 4.12. The van der Waals surface area contributed by atoms with Crippen molar-refractivity contribution in [1.29, 1.82) is 0 Å². The summed E-state index contributed by atoms with van der Waals surface area (Å²) in [5.74, 6) is -1.15. The Labute approximate surface area is 120 Å². The Kier molecular flexibility index (Phi) is 3.39. The maximum Gasteiger partial charge on any atom is 0.326 e. The summed E-state index contributed by atoms with van der Waals surface area (Å²) >= 11 is 0. The van der Waals surface area contributed by atoms with Gasteiger partial charge < -0.3 is 14.9 Å². The highest BCUT2D eigenvalue weighted by Gasteiger charge is 2.37. The lowest BCUT2D eigenvalue weighted by Crippen LogP contribution is -2.42. The molecule has 1 amide bonds. The Morgan fingerprint density at radius 3 is 2.86 bits per heavy atom. The molecule has 7 heteroatoms. The number of rotatable bonds is 5. The van der Waals surface area contributed by atoms with E-state index in [9.17, 15) is 9.59 Å². The fraction of sp³-hybridized carbons (Fsp3) is 0.286. The smallest absolute Gasteiger partial charge is 0.326 e. The molecule has 2 heterocycles. The van der Waals surface area contributed by atoms with Crippen molar-refractivity contribution in [2.75, 3.05) is 0 Å². The molecule has 0 saturated heterocycles. The molecule has 1 aliphatic rings. The Hall–Kier alpha value is -2.70. The molecule has 1 aliphatic carbocycles. The number of nitrogens with zero attached hydrogens (tertiary/aromatic N) is 2. The van der Waals surface area contributed by atoms with Gasteiger partial charge in [-0.15, -0.1) is 0 Å². The minimum atomic E-state index is -1.03. The molecule has 0 aliphatic heterocycles. The molecular weight excluding hydrogens is 274 g/mol. The second kappa shape index (κ2) is 5.35. The summed E-state index contributed by atoms with van der Waals surface area (Å²) in [5, 5.41) is 15.3. The molecule has 1 atom stereocenters. The van der Waals surface area contributed by atoms with Crippen LogP contribution in [0.5, 0.6) is 0 Å². The van der Waals surface area contributed by atoms with E-state index in [0.717, 1.165) is 12.8 Å². The van der Waals surface area contributed by atoms with Crippen molar-refractivity contribution in [3.05, 3.63) is 36.3 Å². The van der Waals surface area contributed by atoms with Crippen LogP contribution >= 0.6 is 0 Å². The quantitative estimate of drug-likeness (QED) is 0.859. The maximum absolute atomic E-state index is 12.0. The molecule has 2 aromatic rings. The molecule has 21 heavy (non-hydrogen) atoms. The fourth-order valence-electron chi connectivity index (χ4n) is 2.05. The number of aromatic nitrogens is 2. The fourth-order valence-corrected chi connectivity index (χ4v) is 2.05. The van der Waals surface area contributed by atoms with E-state index >= 15 is 0 Å². The summed E-state index contributed by atoms with van der Waals surface area (Å²) in [5.41, 5.74) is 0.752. The first-order valence-electron chi connectivity index (χ1n) is 6.56. The zero-order valence-electron chi connectivity index (χ0n) is 11.0. The van der Waals surface area contributed by atoms with Gasteiger partial charge in [0.25, 0.3) is 5.91 Å². The first-order valence-corrected chi connectivity index (χ1v) is 6.56. The molecule has 0 spiro atoms. The number of carbonyl (C=O) groups is 2. The highest BCUT2D eigenvalue weighted by molar-refractivity contribution is 5.95. The molecular formula is C14H13N3O4. The van der Waals surface area contributed by atoms with Gasteiger partial charge in [-0.25, -0.2) is 4.79 Å². The highest BCUT2D eigenvalue weighted by atomic mass is 16.5. The number of nitrogens with one attached hydrogen (secondary N) is 1. The van der Waals surface area contributed by atoms with Gasteiger partial charge in [0, 0.05) is 24.0 Å².